The van der Waals surface area contributed by atoms with Crippen LogP contribution in [0.1, 0.15) is 29.2 Å². The maximum absolute atomic E-state index is 13.9. The fourth-order valence-corrected chi connectivity index (χ4v) is 4.55. The lowest BCUT2D eigenvalue weighted by Crippen LogP contribution is -2.46. The van der Waals surface area contributed by atoms with Crippen molar-refractivity contribution < 1.29 is 13.9 Å². The Morgan fingerprint density at radius 1 is 1.19 bits per heavy atom. The highest BCUT2D eigenvalue weighted by Crippen LogP contribution is 2.40. The standard InChI is InChI=1S/C18H21F2N5OS/c1-3-14-21-18-25(22-14)17(26)16(27-18)15(24-8-6-23(2)7-9-24)11-4-5-12(19)13(20)10-11/h4-5,10,15,26H,3,6-9H2,1-2H3/t15-/m0/s1. The van der Waals surface area contributed by atoms with Crippen molar-refractivity contribution in [3.63, 3.8) is 0 Å². The highest BCUT2D eigenvalue weighted by molar-refractivity contribution is 7.17. The molecule has 6 nitrogen and oxygen atoms in total. The van der Waals surface area contributed by atoms with Gasteiger partial charge in [0.1, 0.15) is 0 Å². The van der Waals surface area contributed by atoms with E-state index in [9.17, 15) is 13.9 Å². The number of hydrogen-bond acceptors (Lipinski definition) is 6. The average molecular weight is 393 g/mol. The van der Waals surface area contributed by atoms with E-state index >= 15 is 0 Å². The van der Waals surface area contributed by atoms with Crippen molar-refractivity contribution in [2.75, 3.05) is 33.2 Å². The number of fused-ring (bicyclic) bond motifs is 1. The van der Waals surface area contributed by atoms with E-state index in [2.05, 4.69) is 26.9 Å². The van der Waals surface area contributed by atoms with Crippen molar-refractivity contribution in [1.82, 2.24) is 24.4 Å². The molecule has 1 saturated heterocycles. The highest BCUT2D eigenvalue weighted by atomic mass is 32.1. The molecule has 3 heterocycles. The molecular formula is C18H21F2N5OS. The van der Waals surface area contributed by atoms with Gasteiger partial charge in [-0.25, -0.2) is 13.8 Å². The van der Waals surface area contributed by atoms with Gasteiger partial charge in [0, 0.05) is 32.6 Å². The molecule has 1 atom stereocenters. The van der Waals surface area contributed by atoms with Gasteiger partial charge in [-0.3, -0.25) is 4.90 Å². The molecule has 0 saturated carbocycles. The first-order valence-corrected chi connectivity index (χ1v) is 9.74. The van der Waals surface area contributed by atoms with Gasteiger partial charge >= 0.3 is 0 Å². The topological polar surface area (TPSA) is 56.9 Å². The lowest BCUT2D eigenvalue weighted by molar-refractivity contribution is 0.127. The van der Waals surface area contributed by atoms with E-state index in [1.54, 1.807) is 6.07 Å². The number of benzene rings is 1. The Balaban J connectivity index is 1.80. The first-order chi connectivity index (χ1) is 13.0. The Morgan fingerprint density at radius 3 is 2.56 bits per heavy atom. The molecule has 1 N–H and O–H groups in total. The molecule has 0 bridgehead atoms. The van der Waals surface area contributed by atoms with Crippen LogP contribution in [0.25, 0.3) is 4.96 Å². The minimum Gasteiger partial charge on any atom is -0.492 e. The summed E-state index contributed by atoms with van der Waals surface area (Å²) in [7, 11) is 2.05. The minimum atomic E-state index is -0.890. The number of aryl methyl sites for hydroxylation is 1. The van der Waals surface area contributed by atoms with Crippen LogP contribution >= 0.6 is 11.3 Å². The second kappa shape index (κ2) is 7.14. The summed E-state index contributed by atoms with van der Waals surface area (Å²) < 4.78 is 28.8. The summed E-state index contributed by atoms with van der Waals surface area (Å²) in [4.78, 5) is 10.1. The lowest BCUT2D eigenvalue weighted by atomic mass is 10.0. The normalized spacial score (nSPS) is 17.6. The molecule has 1 aliphatic heterocycles. The molecule has 0 radical (unpaired) electrons. The van der Waals surface area contributed by atoms with Gasteiger partial charge in [0.15, 0.2) is 17.5 Å². The molecule has 0 amide bonds. The van der Waals surface area contributed by atoms with Crippen molar-refractivity contribution in [2.45, 2.75) is 19.4 Å². The molecule has 144 valence electrons. The molecule has 0 unspecified atom stereocenters. The Labute approximate surface area is 159 Å². The monoisotopic (exact) mass is 393 g/mol. The summed E-state index contributed by atoms with van der Waals surface area (Å²) in [6, 6.07) is 3.54. The second-order valence-electron chi connectivity index (χ2n) is 6.78. The van der Waals surface area contributed by atoms with E-state index in [0.717, 1.165) is 32.2 Å². The van der Waals surface area contributed by atoms with Crippen molar-refractivity contribution in [3.8, 4) is 5.88 Å². The number of thiazole rings is 1. The van der Waals surface area contributed by atoms with Gasteiger partial charge in [-0.15, -0.1) is 5.10 Å². The number of aromatic nitrogens is 3. The van der Waals surface area contributed by atoms with Gasteiger partial charge in [0.2, 0.25) is 10.8 Å². The highest BCUT2D eigenvalue weighted by Gasteiger charge is 2.31. The zero-order valence-electron chi connectivity index (χ0n) is 15.2. The third-order valence-corrected chi connectivity index (χ3v) is 6.04. The predicted molar refractivity (Wildman–Crippen MR) is 99.2 cm³/mol. The van der Waals surface area contributed by atoms with Crippen molar-refractivity contribution in [1.29, 1.82) is 0 Å². The van der Waals surface area contributed by atoms with Gasteiger partial charge in [-0.1, -0.05) is 24.3 Å². The third-order valence-electron chi connectivity index (χ3n) is 4.97. The van der Waals surface area contributed by atoms with Crippen LogP contribution < -0.4 is 0 Å². The van der Waals surface area contributed by atoms with Crippen LogP contribution in [0.2, 0.25) is 0 Å². The minimum absolute atomic E-state index is 0.0101. The molecule has 3 aromatic rings. The van der Waals surface area contributed by atoms with E-state index in [4.69, 9.17) is 0 Å². The quantitative estimate of drug-likeness (QED) is 0.739. The van der Waals surface area contributed by atoms with E-state index in [1.165, 1.54) is 21.9 Å². The van der Waals surface area contributed by atoms with Crippen LogP contribution in [0.15, 0.2) is 18.2 Å². The summed E-state index contributed by atoms with van der Waals surface area (Å²) in [6.45, 7) is 5.19. The molecule has 0 aliphatic carbocycles. The first kappa shape index (κ1) is 18.3. The number of piperazine rings is 1. The van der Waals surface area contributed by atoms with E-state index in [1.807, 2.05) is 6.92 Å². The predicted octanol–water partition coefficient (Wildman–Crippen LogP) is 2.67. The Kier molecular flexibility index (Phi) is 4.83. The number of nitrogens with zero attached hydrogens (tertiary/aromatic N) is 5. The van der Waals surface area contributed by atoms with Gasteiger partial charge in [-0.05, 0) is 24.7 Å². The van der Waals surface area contributed by atoms with Crippen LogP contribution in [-0.2, 0) is 6.42 Å². The molecule has 2 aromatic heterocycles. The van der Waals surface area contributed by atoms with Crippen molar-refractivity contribution in [2.24, 2.45) is 0 Å². The molecule has 27 heavy (non-hydrogen) atoms. The Hall–Kier alpha value is -2.10. The number of hydrogen-bond donors (Lipinski definition) is 1. The summed E-state index contributed by atoms with van der Waals surface area (Å²) in [6.07, 6.45) is 0.675. The largest absolute Gasteiger partial charge is 0.492 e. The zero-order chi connectivity index (χ0) is 19.1. The lowest BCUT2D eigenvalue weighted by Gasteiger charge is -2.37. The Morgan fingerprint density at radius 2 is 1.93 bits per heavy atom. The molecule has 1 aromatic carbocycles. The van der Waals surface area contributed by atoms with E-state index < -0.39 is 11.6 Å². The molecular weight excluding hydrogens is 372 g/mol. The summed E-state index contributed by atoms with van der Waals surface area (Å²) in [5.74, 6) is -1.10. The molecule has 0 spiro atoms. The first-order valence-electron chi connectivity index (χ1n) is 8.92. The summed E-state index contributed by atoms with van der Waals surface area (Å²) in [5.41, 5.74) is 0.606. The second-order valence-corrected chi connectivity index (χ2v) is 7.79. The molecule has 1 fully saturated rings. The van der Waals surface area contributed by atoms with Crippen LogP contribution in [0.3, 0.4) is 0 Å². The Bertz CT molecular complexity index is 964. The fraction of sp³-hybridized carbons (Fsp3) is 0.444. The smallest absolute Gasteiger partial charge is 0.230 e. The van der Waals surface area contributed by atoms with Gasteiger partial charge in [-0.2, -0.15) is 4.52 Å². The number of rotatable bonds is 4. The van der Waals surface area contributed by atoms with E-state index in [0.29, 0.717) is 27.6 Å². The SMILES string of the molecule is CCc1nc2sc([C@H](c3ccc(F)c(F)c3)N3CCN(C)CC3)c(O)n2n1. The molecule has 1 aliphatic rings. The number of aromatic hydroxyl groups is 1. The maximum atomic E-state index is 13.9. The van der Waals surface area contributed by atoms with E-state index in [-0.39, 0.29) is 11.9 Å². The fourth-order valence-electron chi connectivity index (χ4n) is 3.41. The summed E-state index contributed by atoms with van der Waals surface area (Å²) in [5, 5.41) is 15.1. The van der Waals surface area contributed by atoms with Crippen LogP contribution in [0.5, 0.6) is 5.88 Å². The van der Waals surface area contributed by atoms with Crippen LogP contribution in [0.4, 0.5) is 8.78 Å². The molecule has 4 rings (SSSR count). The van der Waals surface area contributed by atoms with Gasteiger partial charge < -0.3 is 10.0 Å². The van der Waals surface area contributed by atoms with Gasteiger partial charge in [0.05, 0.1) is 10.9 Å². The van der Waals surface area contributed by atoms with Gasteiger partial charge in [0.25, 0.3) is 0 Å². The maximum Gasteiger partial charge on any atom is 0.230 e. The number of halogens is 2. The molecule has 9 heteroatoms. The summed E-state index contributed by atoms with van der Waals surface area (Å²) >= 11 is 1.34. The average Bonchev–Trinajstić information content (AvgIpc) is 3.19. The van der Waals surface area contributed by atoms with Crippen molar-refractivity contribution >= 4 is 16.3 Å². The van der Waals surface area contributed by atoms with Crippen molar-refractivity contribution in [3.05, 3.63) is 46.1 Å². The van der Waals surface area contributed by atoms with Crippen LogP contribution in [-0.4, -0.2) is 62.7 Å². The zero-order valence-corrected chi connectivity index (χ0v) is 16.0. The van der Waals surface area contributed by atoms with Crippen LogP contribution in [0, 0.1) is 11.6 Å². The number of likely N-dealkylation sites (N-methyl/N-ethyl adjacent to an activating group) is 1. The third kappa shape index (κ3) is 3.30.